The number of hydrogen-bond acceptors (Lipinski definition) is 5. The van der Waals surface area contributed by atoms with Gasteiger partial charge in [0.15, 0.2) is 0 Å². The molecule has 1 saturated carbocycles. The molecule has 0 atom stereocenters. The fourth-order valence-corrected chi connectivity index (χ4v) is 5.25. The molecule has 4 rings (SSSR count). The van der Waals surface area contributed by atoms with E-state index in [1.165, 1.54) is 42.5 Å². The second-order valence-electron chi connectivity index (χ2n) is 6.57. The van der Waals surface area contributed by atoms with Crippen LogP contribution in [0.3, 0.4) is 0 Å². The van der Waals surface area contributed by atoms with Crippen LogP contribution >= 0.6 is 0 Å². The van der Waals surface area contributed by atoms with Gasteiger partial charge in [0.1, 0.15) is 0 Å². The predicted octanol–water partition coefficient (Wildman–Crippen LogP) is 1.42. The fourth-order valence-electron chi connectivity index (χ4n) is 2.80. The summed E-state index contributed by atoms with van der Waals surface area (Å²) in [6.07, 6.45) is 1.74. The Labute approximate surface area is 157 Å². The highest BCUT2D eigenvalue weighted by atomic mass is 32.2. The summed E-state index contributed by atoms with van der Waals surface area (Å²) in [4.78, 5) is 11.4. The molecule has 10 heteroatoms. The lowest BCUT2D eigenvalue weighted by Crippen LogP contribution is -2.25. The summed E-state index contributed by atoms with van der Waals surface area (Å²) in [5, 5.41) is 2.64. The zero-order valence-corrected chi connectivity index (χ0v) is 15.7. The van der Waals surface area contributed by atoms with E-state index < -0.39 is 20.0 Å². The van der Waals surface area contributed by atoms with E-state index in [1.54, 1.807) is 0 Å². The Bertz CT molecular complexity index is 1140. The maximum Gasteiger partial charge on any atom is 0.261 e. The molecule has 0 unspecified atom stereocenters. The molecule has 1 fully saturated rings. The molecular weight excluding hydrogens is 390 g/mol. The molecule has 2 aromatic carbocycles. The highest BCUT2D eigenvalue weighted by molar-refractivity contribution is 7.92. The first-order chi connectivity index (χ1) is 12.7. The van der Waals surface area contributed by atoms with Gasteiger partial charge in [0.25, 0.3) is 10.0 Å². The zero-order chi connectivity index (χ0) is 19.2. The van der Waals surface area contributed by atoms with Gasteiger partial charge in [0.2, 0.25) is 15.9 Å². The minimum atomic E-state index is -3.93. The summed E-state index contributed by atoms with van der Waals surface area (Å²) in [6, 6.07) is 9.97. The van der Waals surface area contributed by atoms with Crippen LogP contribution in [0, 0.1) is 0 Å². The van der Waals surface area contributed by atoms with E-state index in [0.717, 1.165) is 12.8 Å². The Morgan fingerprint density at radius 2 is 1.67 bits per heavy atom. The molecule has 1 aliphatic carbocycles. The maximum atomic E-state index is 12.7. The van der Waals surface area contributed by atoms with Gasteiger partial charge >= 0.3 is 0 Å². The van der Waals surface area contributed by atoms with Crippen molar-refractivity contribution < 1.29 is 21.6 Å². The lowest BCUT2D eigenvalue weighted by atomic mass is 10.2. The normalized spacial score (nSPS) is 16.7. The molecular formula is C17H17N3O5S2. The van der Waals surface area contributed by atoms with Crippen molar-refractivity contribution in [3.63, 3.8) is 0 Å². The molecule has 0 bridgehead atoms. The van der Waals surface area contributed by atoms with Crippen molar-refractivity contribution in [2.24, 2.45) is 0 Å². The van der Waals surface area contributed by atoms with E-state index >= 15 is 0 Å². The monoisotopic (exact) mass is 407 g/mol. The van der Waals surface area contributed by atoms with E-state index in [9.17, 15) is 21.6 Å². The third kappa shape index (κ3) is 3.82. The summed E-state index contributed by atoms with van der Waals surface area (Å²) in [6.45, 7) is 0. The van der Waals surface area contributed by atoms with Crippen molar-refractivity contribution >= 4 is 37.3 Å². The van der Waals surface area contributed by atoms with Gasteiger partial charge in [-0.15, -0.1) is 0 Å². The van der Waals surface area contributed by atoms with Crippen LogP contribution in [-0.4, -0.2) is 28.8 Å². The van der Waals surface area contributed by atoms with E-state index in [-0.39, 0.29) is 33.8 Å². The van der Waals surface area contributed by atoms with Crippen molar-refractivity contribution in [3.8, 4) is 0 Å². The van der Waals surface area contributed by atoms with Crippen molar-refractivity contribution in [1.29, 1.82) is 0 Å². The van der Waals surface area contributed by atoms with Gasteiger partial charge in [-0.3, -0.25) is 9.52 Å². The number of amides is 1. The number of fused-ring (bicyclic) bond motifs is 1. The molecule has 3 N–H and O–H groups in total. The van der Waals surface area contributed by atoms with Crippen molar-refractivity contribution in [2.75, 3.05) is 10.0 Å². The molecule has 0 aromatic heterocycles. The lowest BCUT2D eigenvalue weighted by molar-refractivity contribution is -0.115. The van der Waals surface area contributed by atoms with Crippen molar-refractivity contribution in [1.82, 2.24) is 4.72 Å². The Balaban J connectivity index is 1.59. The molecule has 8 nitrogen and oxygen atoms in total. The topological polar surface area (TPSA) is 121 Å². The van der Waals surface area contributed by atoms with Crippen LogP contribution in [0.25, 0.3) is 0 Å². The van der Waals surface area contributed by atoms with Gasteiger partial charge in [-0.1, -0.05) is 6.07 Å². The summed E-state index contributed by atoms with van der Waals surface area (Å²) in [7, 11) is -7.61. The van der Waals surface area contributed by atoms with Crippen LogP contribution in [0.15, 0.2) is 52.3 Å². The Hall–Kier alpha value is -2.43. The molecule has 2 aromatic rings. The first-order valence-corrected chi connectivity index (χ1v) is 11.3. The number of sulfonamides is 2. The van der Waals surface area contributed by atoms with Crippen molar-refractivity contribution in [2.45, 2.75) is 35.1 Å². The largest absolute Gasteiger partial charge is 0.326 e. The van der Waals surface area contributed by atoms with E-state index in [2.05, 4.69) is 14.8 Å². The Morgan fingerprint density at radius 1 is 0.926 bits per heavy atom. The van der Waals surface area contributed by atoms with Crippen LogP contribution in [0.1, 0.15) is 18.4 Å². The van der Waals surface area contributed by atoms with Gasteiger partial charge in [-0.05, 0) is 54.8 Å². The van der Waals surface area contributed by atoms with E-state index in [4.69, 9.17) is 0 Å². The second-order valence-corrected chi connectivity index (χ2v) is 9.97. The van der Waals surface area contributed by atoms with Crippen LogP contribution < -0.4 is 14.8 Å². The number of anilines is 2. The summed E-state index contributed by atoms with van der Waals surface area (Å²) >= 11 is 0. The standard InChI is InChI=1S/C17H17N3O5S2/c21-17-9-11-8-15(6-7-16(11)18-17)27(24,25)20-13-2-1-3-14(10-13)26(22,23)19-12-4-5-12/h1-3,6-8,10,12,19-20H,4-5,9H2,(H,18,21). The van der Waals surface area contributed by atoms with Crippen LogP contribution in [0.4, 0.5) is 11.4 Å². The fraction of sp³-hybridized carbons (Fsp3) is 0.235. The minimum Gasteiger partial charge on any atom is -0.326 e. The first-order valence-electron chi connectivity index (χ1n) is 8.31. The zero-order valence-electron chi connectivity index (χ0n) is 14.1. The number of rotatable bonds is 6. The molecule has 0 spiro atoms. The molecule has 0 radical (unpaired) electrons. The molecule has 1 heterocycles. The molecule has 1 aliphatic heterocycles. The van der Waals surface area contributed by atoms with Crippen LogP contribution in [-0.2, 0) is 31.3 Å². The molecule has 1 amide bonds. The predicted molar refractivity (Wildman–Crippen MR) is 99.4 cm³/mol. The van der Waals surface area contributed by atoms with Crippen molar-refractivity contribution in [3.05, 3.63) is 48.0 Å². The van der Waals surface area contributed by atoms with Gasteiger partial charge < -0.3 is 5.32 Å². The highest BCUT2D eigenvalue weighted by Crippen LogP contribution is 2.28. The third-order valence-electron chi connectivity index (χ3n) is 4.31. The number of nitrogens with one attached hydrogen (secondary N) is 3. The smallest absolute Gasteiger partial charge is 0.261 e. The number of carbonyl (C=O) groups excluding carboxylic acids is 1. The molecule has 142 valence electrons. The molecule has 0 saturated heterocycles. The van der Waals surface area contributed by atoms with Gasteiger partial charge in [-0.2, -0.15) is 0 Å². The average molecular weight is 407 g/mol. The number of benzene rings is 2. The third-order valence-corrected chi connectivity index (χ3v) is 7.20. The second kappa shape index (κ2) is 6.32. The summed E-state index contributed by atoms with van der Waals surface area (Å²) in [5.41, 5.74) is 1.34. The number of carbonyl (C=O) groups is 1. The highest BCUT2D eigenvalue weighted by Gasteiger charge is 2.28. The van der Waals surface area contributed by atoms with E-state index in [1.807, 2.05) is 0 Å². The quantitative estimate of drug-likeness (QED) is 0.669. The summed E-state index contributed by atoms with van der Waals surface area (Å²) in [5.74, 6) is -0.187. The van der Waals surface area contributed by atoms with E-state index in [0.29, 0.717) is 11.3 Å². The SMILES string of the molecule is O=C1Cc2cc(S(=O)(=O)Nc3cccc(S(=O)(=O)NC4CC4)c3)ccc2N1. The van der Waals surface area contributed by atoms with Crippen LogP contribution in [0.2, 0.25) is 0 Å². The Kier molecular flexibility index (Phi) is 4.21. The molecule has 2 aliphatic rings. The van der Waals surface area contributed by atoms with Crippen LogP contribution in [0.5, 0.6) is 0 Å². The van der Waals surface area contributed by atoms with Gasteiger partial charge in [-0.25, -0.2) is 21.6 Å². The maximum absolute atomic E-state index is 12.7. The average Bonchev–Trinajstić information content (AvgIpc) is 3.31. The Morgan fingerprint density at radius 3 is 2.41 bits per heavy atom. The van der Waals surface area contributed by atoms with Gasteiger partial charge in [0, 0.05) is 11.7 Å². The molecule has 27 heavy (non-hydrogen) atoms. The number of hydrogen-bond donors (Lipinski definition) is 3. The lowest BCUT2D eigenvalue weighted by Gasteiger charge is -2.11. The first kappa shape index (κ1) is 18.0. The van der Waals surface area contributed by atoms with Gasteiger partial charge in [0.05, 0.1) is 21.9 Å². The summed E-state index contributed by atoms with van der Waals surface area (Å²) < 4.78 is 54.9. The minimum absolute atomic E-state index is 0.00153.